The maximum absolute atomic E-state index is 12.2. The third-order valence-corrected chi connectivity index (χ3v) is 5.76. The van der Waals surface area contributed by atoms with Gasteiger partial charge in [-0.15, -0.1) is 0 Å². The van der Waals surface area contributed by atoms with Crippen LogP contribution in [0.3, 0.4) is 0 Å². The fourth-order valence-corrected chi connectivity index (χ4v) is 4.03. The van der Waals surface area contributed by atoms with E-state index in [2.05, 4.69) is 25.9 Å². The van der Waals surface area contributed by atoms with Crippen LogP contribution in [0.25, 0.3) is 21.8 Å². The highest BCUT2D eigenvalue weighted by Crippen LogP contribution is 2.18. The van der Waals surface area contributed by atoms with Crippen molar-refractivity contribution in [2.75, 3.05) is 26.2 Å². The topological polar surface area (TPSA) is 102 Å². The lowest BCUT2D eigenvalue weighted by Gasteiger charge is -2.08. The van der Waals surface area contributed by atoms with Gasteiger partial charge in [-0.2, -0.15) is 0 Å². The largest absolute Gasteiger partial charge is 0.361 e. The average molecular weight is 446 g/mol. The number of aromatic nitrogens is 2. The number of fused-ring (bicyclic) bond motifs is 2. The number of carbonyl (C=O) groups is 2. The Morgan fingerprint density at radius 3 is 1.58 bits per heavy atom. The van der Waals surface area contributed by atoms with E-state index in [-0.39, 0.29) is 11.8 Å². The Hall–Kier alpha value is -3.58. The van der Waals surface area contributed by atoms with Gasteiger partial charge in [-0.3, -0.25) is 9.59 Å². The van der Waals surface area contributed by atoms with Gasteiger partial charge in [-0.1, -0.05) is 36.4 Å². The van der Waals surface area contributed by atoms with Gasteiger partial charge in [0, 0.05) is 47.3 Å². The number of amides is 2. The van der Waals surface area contributed by atoms with E-state index in [0.717, 1.165) is 58.9 Å². The first-order valence-corrected chi connectivity index (χ1v) is 11.5. The molecule has 5 N–H and O–H groups in total. The lowest BCUT2D eigenvalue weighted by molar-refractivity contribution is -0.121. The van der Waals surface area contributed by atoms with Gasteiger partial charge in [-0.25, -0.2) is 0 Å². The van der Waals surface area contributed by atoms with Crippen LogP contribution in [0.5, 0.6) is 0 Å². The summed E-state index contributed by atoms with van der Waals surface area (Å²) in [4.78, 5) is 30.8. The predicted molar refractivity (Wildman–Crippen MR) is 132 cm³/mol. The van der Waals surface area contributed by atoms with Crippen molar-refractivity contribution in [1.29, 1.82) is 0 Å². The first-order chi connectivity index (χ1) is 16.2. The number of carbonyl (C=O) groups excluding carboxylic acids is 2. The fourth-order valence-electron chi connectivity index (χ4n) is 4.03. The van der Waals surface area contributed by atoms with E-state index < -0.39 is 0 Å². The number of hydrogen-bond acceptors (Lipinski definition) is 3. The molecule has 4 aromatic rings. The molecule has 0 bridgehead atoms. The molecule has 7 nitrogen and oxygen atoms in total. The van der Waals surface area contributed by atoms with Crippen molar-refractivity contribution >= 4 is 33.6 Å². The molecule has 0 fully saturated rings. The molecule has 0 radical (unpaired) electrons. The summed E-state index contributed by atoms with van der Waals surface area (Å²) >= 11 is 0. The summed E-state index contributed by atoms with van der Waals surface area (Å²) in [7, 11) is 0. The lowest BCUT2D eigenvalue weighted by atomic mass is 10.1. The van der Waals surface area contributed by atoms with E-state index in [4.69, 9.17) is 0 Å². The maximum Gasteiger partial charge on any atom is 0.224 e. The molecule has 2 heterocycles. The molecular formula is C26H31N5O2. The summed E-state index contributed by atoms with van der Waals surface area (Å²) in [6.45, 7) is 2.96. The SMILES string of the molecule is O=C(Cc1c[nH]c2ccccc12)NCCCNCCCNC(=O)Cc1c[nH]c2ccccc12. The third-order valence-electron chi connectivity index (χ3n) is 5.76. The summed E-state index contributed by atoms with van der Waals surface area (Å²) in [5.41, 5.74) is 4.15. The number of para-hydroxylation sites is 2. The van der Waals surface area contributed by atoms with E-state index in [1.54, 1.807) is 0 Å². The second kappa shape index (κ2) is 11.3. The third kappa shape index (κ3) is 6.23. The van der Waals surface area contributed by atoms with Crippen molar-refractivity contribution in [2.24, 2.45) is 0 Å². The monoisotopic (exact) mass is 445 g/mol. The van der Waals surface area contributed by atoms with E-state index in [1.165, 1.54) is 0 Å². The van der Waals surface area contributed by atoms with E-state index in [1.807, 2.05) is 60.9 Å². The zero-order valence-electron chi connectivity index (χ0n) is 18.7. The predicted octanol–water partition coefficient (Wildman–Crippen LogP) is 3.04. The molecule has 33 heavy (non-hydrogen) atoms. The smallest absolute Gasteiger partial charge is 0.224 e. The maximum atomic E-state index is 12.2. The van der Waals surface area contributed by atoms with Crippen LogP contribution in [0.15, 0.2) is 60.9 Å². The minimum absolute atomic E-state index is 0.0395. The van der Waals surface area contributed by atoms with Crippen LogP contribution in [0.2, 0.25) is 0 Å². The first-order valence-electron chi connectivity index (χ1n) is 11.5. The van der Waals surface area contributed by atoms with Crippen LogP contribution in [0.4, 0.5) is 0 Å². The van der Waals surface area contributed by atoms with Crippen molar-refractivity contribution in [1.82, 2.24) is 25.9 Å². The van der Waals surface area contributed by atoms with Crippen LogP contribution in [0.1, 0.15) is 24.0 Å². The molecule has 0 atom stereocenters. The van der Waals surface area contributed by atoms with Gasteiger partial charge < -0.3 is 25.9 Å². The van der Waals surface area contributed by atoms with Crippen LogP contribution in [0, 0.1) is 0 Å². The van der Waals surface area contributed by atoms with Gasteiger partial charge in [0.25, 0.3) is 0 Å². The average Bonchev–Trinajstić information content (AvgIpc) is 3.42. The zero-order chi connectivity index (χ0) is 22.9. The summed E-state index contributed by atoms with van der Waals surface area (Å²) in [6, 6.07) is 16.0. The highest BCUT2D eigenvalue weighted by atomic mass is 16.2. The van der Waals surface area contributed by atoms with E-state index in [0.29, 0.717) is 25.9 Å². The molecule has 7 heteroatoms. The van der Waals surface area contributed by atoms with Gasteiger partial charge in [0.1, 0.15) is 0 Å². The quantitative estimate of drug-likeness (QED) is 0.217. The molecule has 0 aliphatic rings. The van der Waals surface area contributed by atoms with Crippen LogP contribution in [-0.4, -0.2) is 48.0 Å². The molecule has 0 unspecified atom stereocenters. The molecule has 0 aliphatic heterocycles. The normalized spacial score (nSPS) is 11.2. The Balaban J connectivity index is 1.03. The Morgan fingerprint density at radius 2 is 1.09 bits per heavy atom. The van der Waals surface area contributed by atoms with E-state index in [9.17, 15) is 9.59 Å². The van der Waals surface area contributed by atoms with Crippen LogP contribution >= 0.6 is 0 Å². The van der Waals surface area contributed by atoms with E-state index >= 15 is 0 Å². The molecule has 0 spiro atoms. The Labute approximate surface area is 193 Å². The van der Waals surface area contributed by atoms with Crippen molar-refractivity contribution in [2.45, 2.75) is 25.7 Å². The Morgan fingerprint density at radius 1 is 0.636 bits per heavy atom. The second-order valence-electron chi connectivity index (χ2n) is 8.23. The Bertz CT molecular complexity index is 1120. The minimum Gasteiger partial charge on any atom is -0.361 e. The second-order valence-corrected chi connectivity index (χ2v) is 8.23. The minimum atomic E-state index is 0.0395. The number of benzene rings is 2. The zero-order valence-corrected chi connectivity index (χ0v) is 18.7. The van der Waals surface area contributed by atoms with Crippen molar-refractivity contribution in [3.8, 4) is 0 Å². The van der Waals surface area contributed by atoms with Gasteiger partial charge >= 0.3 is 0 Å². The molecule has 2 aromatic heterocycles. The molecule has 0 saturated heterocycles. The Kier molecular flexibility index (Phi) is 7.76. The summed E-state index contributed by atoms with van der Waals surface area (Å²) < 4.78 is 0. The number of rotatable bonds is 12. The molecule has 172 valence electrons. The molecule has 2 amide bonds. The fraction of sp³-hybridized carbons (Fsp3) is 0.308. The number of H-pyrrole nitrogens is 2. The van der Waals surface area contributed by atoms with Gasteiger partial charge in [0.2, 0.25) is 11.8 Å². The molecule has 0 aliphatic carbocycles. The highest BCUT2D eigenvalue weighted by Gasteiger charge is 2.09. The lowest BCUT2D eigenvalue weighted by Crippen LogP contribution is -2.30. The summed E-state index contributed by atoms with van der Waals surface area (Å²) in [5.74, 6) is 0.0790. The van der Waals surface area contributed by atoms with Crippen molar-refractivity contribution in [3.63, 3.8) is 0 Å². The van der Waals surface area contributed by atoms with Crippen LogP contribution in [-0.2, 0) is 22.4 Å². The molecule has 2 aromatic carbocycles. The van der Waals surface area contributed by atoms with Crippen molar-refractivity contribution in [3.05, 3.63) is 72.1 Å². The summed E-state index contributed by atoms with van der Waals surface area (Å²) in [6.07, 6.45) is 6.32. The highest BCUT2D eigenvalue weighted by molar-refractivity contribution is 5.89. The first kappa shape index (κ1) is 22.6. The molecule has 4 rings (SSSR count). The van der Waals surface area contributed by atoms with Gasteiger partial charge in [0.05, 0.1) is 12.8 Å². The number of aromatic amines is 2. The van der Waals surface area contributed by atoms with Gasteiger partial charge in [0.15, 0.2) is 0 Å². The number of hydrogen-bond donors (Lipinski definition) is 5. The van der Waals surface area contributed by atoms with Crippen LogP contribution < -0.4 is 16.0 Å². The number of nitrogens with one attached hydrogen (secondary N) is 5. The van der Waals surface area contributed by atoms with Gasteiger partial charge in [-0.05, 0) is 49.2 Å². The summed E-state index contributed by atoms with van der Waals surface area (Å²) in [5, 5.41) is 11.5. The molecular weight excluding hydrogens is 414 g/mol. The standard InChI is InChI=1S/C26H31N5O2/c32-25(15-19-17-30-23-9-3-1-7-21(19)23)28-13-5-11-27-12-6-14-29-26(33)16-20-18-31-24-10-4-2-8-22(20)24/h1-4,7-10,17-18,27,30-31H,5-6,11-16H2,(H,28,32)(H,29,33). The molecule has 0 saturated carbocycles. The van der Waals surface area contributed by atoms with Crippen molar-refractivity contribution < 1.29 is 9.59 Å².